The van der Waals surface area contributed by atoms with Gasteiger partial charge in [-0.05, 0) is 24.5 Å². The summed E-state index contributed by atoms with van der Waals surface area (Å²) in [6.07, 6.45) is 1.79. The van der Waals surface area contributed by atoms with E-state index in [2.05, 4.69) is 22.3 Å². The van der Waals surface area contributed by atoms with E-state index < -0.39 is 0 Å². The lowest BCUT2D eigenvalue weighted by atomic mass is 9.88. The summed E-state index contributed by atoms with van der Waals surface area (Å²) in [4.78, 5) is 25.5. The molecule has 1 aromatic carbocycles. The van der Waals surface area contributed by atoms with Gasteiger partial charge in [-0.15, -0.1) is 0 Å². The van der Waals surface area contributed by atoms with Crippen molar-refractivity contribution in [3.8, 4) is 0 Å². The van der Waals surface area contributed by atoms with Gasteiger partial charge in [0.25, 0.3) is 11.5 Å². The van der Waals surface area contributed by atoms with Gasteiger partial charge in [0.2, 0.25) is 0 Å². The van der Waals surface area contributed by atoms with E-state index in [9.17, 15) is 9.59 Å². The van der Waals surface area contributed by atoms with Gasteiger partial charge in [0.15, 0.2) is 0 Å². The topological polar surface area (TPSA) is 75.3 Å². The van der Waals surface area contributed by atoms with Gasteiger partial charge in [-0.1, -0.05) is 30.3 Å². The zero-order chi connectivity index (χ0) is 16.9. The van der Waals surface area contributed by atoms with Crippen molar-refractivity contribution in [1.82, 2.24) is 15.1 Å². The molecule has 6 heteroatoms. The first-order valence-corrected chi connectivity index (χ1v) is 8.09. The molecule has 2 heterocycles. The van der Waals surface area contributed by atoms with E-state index in [0.717, 1.165) is 12.8 Å². The number of nitrogens with one attached hydrogen (secondary N) is 1. The van der Waals surface area contributed by atoms with E-state index in [-0.39, 0.29) is 29.2 Å². The Hall–Kier alpha value is -2.47. The molecule has 1 aliphatic heterocycles. The molecule has 1 aliphatic rings. The highest BCUT2D eigenvalue weighted by Gasteiger charge is 2.32. The number of hydrogen-bond acceptors (Lipinski definition) is 4. The lowest BCUT2D eigenvalue weighted by Gasteiger charge is -2.37. The van der Waals surface area contributed by atoms with Crippen molar-refractivity contribution >= 4 is 5.91 Å². The second kappa shape index (κ2) is 7.40. The maximum absolute atomic E-state index is 12.6. The third kappa shape index (κ3) is 3.71. The van der Waals surface area contributed by atoms with Gasteiger partial charge >= 0.3 is 0 Å². The van der Waals surface area contributed by atoms with Crippen LogP contribution in [0, 0.1) is 5.92 Å². The fraction of sp³-hybridized carbons (Fsp3) is 0.389. The van der Waals surface area contributed by atoms with Gasteiger partial charge in [-0.2, -0.15) is 5.10 Å². The Morgan fingerprint density at radius 3 is 2.75 bits per heavy atom. The molecule has 1 amide bonds. The lowest BCUT2D eigenvalue weighted by Crippen LogP contribution is -2.47. The largest absolute Gasteiger partial charge is 0.381 e. The van der Waals surface area contributed by atoms with Crippen LogP contribution in [0.25, 0.3) is 0 Å². The van der Waals surface area contributed by atoms with Gasteiger partial charge in [-0.3, -0.25) is 9.59 Å². The molecule has 0 spiro atoms. The average Bonchev–Trinajstić information content (AvgIpc) is 2.62. The summed E-state index contributed by atoms with van der Waals surface area (Å²) in [6, 6.07) is 13.0. The van der Waals surface area contributed by atoms with E-state index in [1.807, 2.05) is 18.2 Å². The summed E-state index contributed by atoms with van der Waals surface area (Å²) in [6.45, 7) is 1.25. The van der Waals surface area contributed by atoms with Gasteiger partial charge in [0.1, 0.15) is 5.69 Å². The van der Waals surface area contributed by atoms with Crippen LogP contribution in [0.2, 0.25) is 0 Å². The number of piperidine rings is 1. The summed E-state index contributed by atoms with van der Waals surface area (Å²) in [7, 11) is 1.73. The molecule has 1 aromatic heterocycles. The second-order valence-corrected chi connectivity index (χ2v) is 6.07. The van der Waals surface area contributed by atoms with E-state index >= 15 is 0 Å². The maximum atomic E-state index is 12.6. The van der Waals surface area contributed by atoms with Gasteiger partial charge < -0.3 is 9.64 Å². The number of likely N-dealkylation sites (tertiary alicyclic amines) is 1. The van der Waals surface area contributed by atoms with Crippen LogP contribution in [0.5, 0.6) is 0 Å². The highest BCUT2D eigenvalue weighted by Crippen LogP contribution is 2.24. The van der Waals surface area contributed by atoms with Crippen LogP contribution in [0.15, 0.2) is 47.3 Å². The Kier molecular flexibility index (Phi) is 5.05. The minimum atomic E-state index is -0.313. The van der Waals surface area contributed by atoms with Crippen LogP contribution in [-0.2, 0) is 11.2 Å². The maximum Gasteiger partial charge on any atom is 0.274 e. The molecule has 1 fully saturated rings. The third-order valence-electron chi connectivity index (χ3n) is 4.49. The molecule has 0 aliphatic carbocycles. The third-order valence-corrected chi connectivity index (χ3v) is 4.49. The fourth-order valence-electron chi connectivity index (χ4n) is 3.24. The van der Waals surface area contributed by atoms with Gasteiger partial charge in [0, 0.05) is 32.2 Å². The number of aromatic nitrogens is 2. The Labute approximate surface area is 140 Å². The number of carbonyl (C=O) groups is 1. The summed E-state index contributed by atoms with van der Waals surface area (Å²) in [5.41, 5.74) is 1.19. The predicted octanol–water partition coefficient (Wildman–Crippen LogP) is 1.49. The summed E-state index contributed by atoms with van der Waals surface area (Å²) < 4.78 is 5.62. The number of carbonyl (C=O) groups excluding carboxylic acids is 1. The normalized spacial score (nSPS) is 20.8. The number of H-pyrrole nitrogens is 1. The smallest absolute Gasteiger partial charge is 0.274 e. The number of hydrogen-bond donors (Lipinski definition) is 1. The van der Waals surface area contributed by atoms with Crippen molar-refractivity contribution in [2.45, 2.75) is 18.9 Å². The minimum Gasteiger partial charge on any atom is -0.381 e. The number of amides is 1. The molecule has 1 saturated heterocycles. The minimum absolute atomic E-state index is 0.137. The zero-order valence-corrected chi connectivity index (χ0v) is 13.6. The standard InChI is InChI=1S/C18H21N3O3/c1-24-16-9-10-21(18(23)15-7-8-17(22)20-19-15)12-14(16)11-13-5-3-2-4-6-13/h2-8,14,16H,9-12H2,1H3,(H,20,22)/t14-,16+/m1/s1. The number of nitrogens with zero attached hydrogens (tertiary/aromatic N) is 2. The van der Waals surface area contributed by atoms with Crippen LogP contribution < -0.4 is 5.56 Å². The summed E-state index contributed by atoms with van der Waals surface area (Å²) in [5.74, 6) is 0.0803. The van der Waals surface area contributed by atoms with Gasteiger partial charge in [-0.25, -0.2) is 5.10 Å². The van der Waals surface area contributed by atoms with Crippen molar-refractivity contribution in [3.05, 3.63) is 64.1 Å². The number of aromatic amines is 1. The number of methoxy groups -OCH3 is 1. The second-order valence-electron chi connectivity index (χ2n) is 6.07. The quantitative estimate of drug-likeness (QED) is 0.923. The highest BCUT2D eigenvalue weighted by atomic mass is 16.5. The van der Waals surface area contributed by atoms with Crippen molar-refractivity contribution < 1.29 is 9.53 Å². The average molecular weight is 327 g/mol. The molecular formula is C18H21N3O3. The molecule has 0 bridgehead atoms. The Morgan fingerprint density at radius 2 is 2.08 bits per heavy atom. The molecule has 0 unspecified atom stereocenters. The molecule has 24 heavy (non-hydrogen) atoms. The van der Waals surface area contributed by atoms with Crippen LogP contribution in [-0.4, -0.2) is 47.3 Å². The van der Waals surface area contributed by atoms with Crippen molar-refractivity contribution in [2.75, 3.05) is 20.2 Å². The fourth-order valence-corrected chi connectivity index (χ4v) is 3.24. The van der Waals surface area contributed by atoms with Crippen molar-refractivity contribution in [1.29, 1.82) is 0 Å². The predicted molar refractivity (Wildman–Crippen MR) is 89.8 cm³/mol. The van der Waals surface area contributed by atoms with Crippen LogP contribution in [0.4, 0.5) is 0 Å². The first-order chi connectivity index (χ1) is 11.7. The number of rotatable bonds is 4. The van der Waals surface area contributed by atoms with E-state index in [4.69, 9.17) is 4.74 Å². The van der Waals surface area contributed by atoms with Crippen LogP contribution in [0.1, 0.15) is 22.5 Å². The van der Waals surface area contributed by atoms with E-state index in [0.29, 0.717) is 13.1 Å². The van der Waals surface area contributed by atoms with Gasteiger partial charge in [0.05, 0.1) is 6.10 Å². The highest BCUT2D eigenvalue weighted by molar-refractivity contribution is 5.92. The molecule has 0 radical (unpaired) electrons. The molecular weight excluding hydrogens is 306 g/mol. The molecule has 2 aromatic rings. The van der Waals surface area contributed by atoms with Crippen molar-refractivity contribution in [2.24, 2.45) is 5.92 Å². The first-order valence-electron chi connectivity index (χ1n) is 8.09. The lowest BCUT2D eigenvalue weighted by molar-refractivity contribution is -0.00320. The van der Waals surface area contributed by atoms with Crippen LogP contribution >= 0.6 is 0 Å². The zero-order valence-electron chi connectivity index (χ0n) is 13.6. The Morgan fingerprint density at radius 1 is 1.29 bits per heavy atom. The van der Waals surface area contributed by atoms with E-state index in [1.165, 1.54) is 17.7 Å². The molecule has 1 N–H and O–H groups in total. The number of benzene rings is 1. The molecule has 3 rings (SSSR count). The molecule has 2 atom stereocenters. The Balaban J connectivity index is 1.73. The van der Waals surface area contributed by atoms with Crippen molar-refractivity contribution in [3.63, 3.8) is 0 Å². The number of ether oxygens (including phenoxy) is 1. The monoisotopic (exact) mass is 327 g/mol. The SMILES string of the molecule is CO[C@H]1CCN(C(=O)c2ccc(=O)[nH]n2)C[C@H]1Cc1ccccc1. The van der Waals surface area contributed by atoms with E-state index in [1.54, 1.807) is 12.0 Å². The summed E-state index contributed by atoms with van der Waals surface area (Å²) >= 11 is 0. The summed E-state index contributed by atoms with van der Waals surface area (Å²) in [5, 5.41) is 6.15. The first kappa shape index (κ1) is 16.4. The molecule has 6 nitrogen and oxygen atoms in total. The Bertz CT molecular complexity index is 724. The van der Waals surface area contributed by atoms with Crippen LogP contribution in [0.3, 0.4) is 0 Å². The molecule has 0 saturated carbocycles. The molecule has 126 valence electrons.